The first-order valence-electron chi connectivity index (χ1n) is 10.6. The maximum atomic E-state index is 11.6. The first-order chi connectivity index (χ1) is 14.6. The van der Waals surface area contributed by atoms with Gasteiger partial charge in [-0.05, 0) is 51.3 Å². The van der Waals surface area contributed by atoms with Gasteiger partial charge in [0.25, 0.3) is 0 Å². The molecule has 2 aromatic rings. The summed E-state index contributed by atoms with van der Waals surface area (Å²) in [5, 5.41) is 2.85. The first kappa shape index (κ1) is 24.5. The Bertz CT molecular complexity index is 911. The Kier molecular flexibility index (Phi) is 8.68. The van der Waals surface area contributed by atoms with Crippen LogP contribution in [0.1, 0.15) is 62.2 Å². The van der Waals surface area contributed by atoms with Crippen LogP contribution in [0.25, 0.3) is 0 Å². The molecule has 0 radical (unpaired) electrons. The Balaban J connectivity index is 2.26. The second-order valence-corrected chi connectivity index (χ2v) is 8.43. The van der Waals surface area contributed by atoms with Crippen LogP contribution in [0.4, 0.5) is 0 Å². The highest BCUT2D eigenvalue weighted by Gasteiger charge is 2.28. The van der Waals surface area contributed by atoms with E-state index >= 15 is 0 Å². The van der Waals surface area contributed by atoms with E-state index in [0.717, 1.165) is 41.0 Å². The molecular formula is C24H34N4O3. The van der Waals surface area contributed by atoms with Crippen molar-refractivity contribution in [1.82, 2.24) is 20.2 Å². The van der Waals surface area contributed by atoms with Crippen LogP contribution < -0.4 is 5.32 Å². The molecule has 0 aliphatic carbocycles. The highest BCUT2D eigenvalue weighted by molar-refractivity contribution is 5.72. The van der Waals surface area contributed by atoms with Crippen molar-refractivity contribution >= 4 is 11.9 Å². The number of ether oxygens (including phenoxy) is 1. The third kappa shape index (κ3) is 7.75. The number of rotatable bonds is 10. The zero-order valence-corrected chi connectivity index (χ0v) is 19.5. The number of carbonyl (C=O) groups excluding carboxylic acids is 2. The van der Waals surface area contributed by atoms with E-state index in [-0.39, 0.29) is 11.9 Å². The van der Waals surface area contributed by atoms with Crippen LogP contribution in [0.2, 0.25) is 0 Å². The molecule has 0 atom stereocenters. The van der Waals surface area contributed by atoms with Crippen molar-refractivity contribution in [1.29, 1.82) is 0 Å². The molecule has 0 spiro atoms. The van der Waals surface area contributed by atoms with E-state index in [1.165, 1.54) is 13.8 Å². The quantitative estimate of drug-likeness (QED) is 0.463. The van der Waals surface area contributed by atoms with Crippen molar-refractivity contribution in [3.05, 3.63) is 58.7 Å². The zero-order valence-electron chi connectivity index (χ0n) is 19.5. The number of hydrogen-bond donors (Lipinski definition) is 1. The van der Waals surface area contributed by atoms with E-state index in [9.17, 15) is 9.59 Å². The van der Waals surface area contributed by atoms with Crippen LogP contribution in [0.3, 0.4) is 0 Å². The van der Waals surface area contributed by atoms with Crippen molar-refractivity contribution in [2.24, 2.45) is 0 Å². The number of nitrogens with zero attached hydrogens (tertiary/aromatic N) is 3. The number of amides is 1. The monoisotopic (exact) mass is 426 g/mol. The lowest BCUT2D eigenvalue weighted by molar-refractivity contribution is -0.154. The summed E-state index contributed by atoms with van der Waals surface area (Å²) in [6.45, 7) is 13.4. The van der Waals surface area contributed by atoms with Crippen LogP contribution in [0.5, 0.6) is 0 Å². The minimum absolute atomic E-state index is 0.0299. The third-order valence-corrected chi connectivity index (χ3v) is 5.03. The highest BCUT2D eigenvalue weighted by Crippen LogP contribution is 2.28. The van der Waals surface area contributed by atoms with Crippen LogP contribution in [-0.2, 0) is 33.0 Å². The predicted octanol–water partition coefficient (Wildman–Crippen LogP) is 3.42. The molecule has 168 valence electrons. The predicted molar refractivity (Wildman–Crippen MR) is 120 cm³/mol. The molecule has 0 saturated heterocycles. The van der Waals surface area contributed by atoms with Gasteiger partial charge in [0.2, 0.25) is 5.91 Å². The Morgan fingerprint density at radius 2 is 1.84 bits per heavy atom. The fourth-order valence-corrected chi connectivity index (χ4v) is 3.64. The molecule has 0 unspecified atom stereocenters. The molecule has 2 heterocycles. The van der Waals surface area contributed by atoms with Gasteiger partial charge in [-0.25, -0.2) is 0 Å². The van der Waals surface area contributed by atoms with E-state index in [4.69, 9.17) is 4.74 Å². The van der Waals surface area contributed by atoms with Crippen molar-refractivity contribution in [2.45, 2.75) is 66.7 Å². The second kappa shape index (κ2) is 11.0. The average molecular weight is 427 g/mol. The standard InChI is InChI=1S/C24H34N4O3/c1-17-13-18(2)22(27-14-17)15-28(12-8-11-25-19(3)29)16-23-21(9-7-10-26-23)24(5,6)31-20(4)30/h7,9-10,13-14H,8,11-12,15-16H2,1-6H3,(H,25,29). The van der Waals surface area contributed by atoms with Crippen LogP contribution >= 0.6 is 0 Å². The summed E-state index contributed by atoms with van der Waals surface area (Å²) in [5.41, 5.74) is 4.25. The Morgan fingerprint density at radius 3 is 2.48 bits per heavy atom. The van der Waals surface area contributed by atoms with E-state index in [0.29, 0.717) is 19.6 Å². The summed E-state index contributed by atoms with van der Waals surface area (Å²) in [5.74, 6) is -0.357. The first-order valence-corrected chi connectivity index (χ1v) is 10.6. The minimum Gasteiger partial charge on any atom is -0.455 e. The number of hydrogen-bond acceptors (Lipinski definition) is 6. The van der Waals surface area contributed by atoms with Gasteiger partial charge < -0.3 is 10.1 Å². The van der Waals surface area contributed by atoms with Gasteiger partial charge in [0.15, 0.2) is 0 Å². The highest BCUT2D eigenvalue weighted by atomic mass is 16.6. The maximum absolute atomic E-state index is 11.6. The van der Waals surface area contributed by atoms with E-state index in [1.807, 2.05) is 39.1 Å². The third-order valence-electron chi connectivity index (χ3n) is 5.03. The smallest absolute Gasteiger partial charge is 0.303 e. The fraction of sp³-hybridized carbons (Fsp3) is 0.500. The Hall–Kier alpha value is -2.80. The lowest BCUT2D eigenvalue weighted by Crippen LogP contribution is -2.32. The number of esters is 1. The number of aryl methyl sites for hydroxylation is 2. The molecule has 1 amide bonds. The van der Waals surface area contributed by atoms with Crippen molar-refractivity contribution in [3.63, 3.8) is 0 Å². The molecule has 0 fully saturated rings. The molecule has 7 heteroatoms. The summed E-state index contributed by atoms with van der Waals surface area (Å²) in [6.07, 6.45) is 4.45. The van der Waals surface area contributed by atoms with Crippen LogP contribution in [0.15, 0.2) is 30.6 Å². The van der Waals surface area contributed by atoms with E-state index in [2.05, 4.69) is 33.2 Å². The summed E-state index contributed by atoms with van der Waals surface area (Å²) in [7, 11) is 0. The van der Waals surface area contributed by atoms with E-state index < -0.39 is 5.60 Å². The van der Waals surface area contributed by atoms with E-state index in [1.54, 1.807) is 6.20 Å². The van der Waals surface area contributed by atoms with Crippen LogP contribution in [0, 0.1) is 13.8 Å². The number of carbonyl (C=O) groups is 2. The molecule has 1 N–H and O–H groups in total. The molecule has 0 aliphatic heterocycles. The summed E-state index contributed by atoms with van der Waals surface area (Å²) >= 11 is 0. The molecule has 2 aromatic heterocycles. The topological polar surface area (TPSA) is 84.4 Å². The number of aromatic nitrogens is 2. The van der Waals surface area contributed by atoms with Gasteiger partial charge in [0.05, 0.1) is 11.4 Å². The average Bonchev–Trinajstić information content (AvgIpc) is 2.66. The van der Waals surface area contributed by atoms with Gasteiger partial charge in [0.1, 0.15) is 5.60 Å². The normalized spacial score (nSPS) is 11.5. The zero-order chi connectivity index (χ0) is 23.0. The molecule has 2 rings (SSSR count). The largest absolute Gasteiger partial charge is 0.455 e. The SMILES string of the molecule is CC(=O)NCCCN(Cc1ncc(C)cc1C)Cc1ncccc1C(C)(C)OC(C)=O. The molecule has 0 aromatic carbocycles. The molecule has 7 nitrogen and oxygen atoms in total. The molecule has 0 aliphatic rings. The Labute approximate surface area is 185 Å². The second-order valence-electron chi connectivity index (χ2n) is 8.43. The van der Waals surface area contributed by atoms with Gasteiger partial charge in [0, 0.05) is 58.0 Å². The van der Waals surface area contributed by atoms with Gasteiger partial charge in [-0.1, -0.05) is 12.1 Å². The minimum atomic E-state index is -0.782. The molecule has 0 bridgehead atoms. The maximum Gasteiger partial charge on any atom is 0.303 e. The van der Waals surface area contributed by atoms with Gasteiger partial charge in [-0.2, -0.15) is 0 Å². The summed E-state index contributed by atoms with van der Waals surface area (Å²) in [4.78, 5) is 34.3. The number of pyridine rings is 2. The number of nitrogens with one attached hydrogen (secondary N) is 1. The van der Waals surface area contributed by atoms with Gasteiger partial charge in [-0.3, -0.25) is 24.5 Å². The molecule has 31 heavy (non-hydrogen) atoms. The van der Waals surface area contributed by atoms with Crippen molar-refractivity contribution in [3.8, 4) is 0 Å². The summed E-state index contributed by atoms with van der Waals surface area (Å²) < 4.78 is 5.56. The van der Waals surface area contributed by atoms with Crippen molar-refractivity contribution in [2.75, 3.05) is 13.1 Å². The summed E-state index contributed by atoms with van der Waals surface area (Å²) in [6, 6.07) is 5.95. The Morgan fingerprint density at radius 1 is 1.13 bits per heavy atom. The van der Waals surface area contributed by atoms with Crippen molar-refractivity contribution < 1.29 is 14.3 Å². The lowest BCUT2D eigenvalue weighted by atomic mass is 9.96. The van der Waals surface area contributed by atoms with Crippen LogP contribution in [-0.4, -0.2) is 39.8 Å². The van der Waals surface area contributed by atoms with Gasteiger partial charge >= 0.3 is 5.97 Å². The fourth-order valence-electron chi connectivity index (χ4n) is 3.64. The molecule has 0 saturated carbocycles. The molecular weight excluding hydrogens is 392 g/mol. The van der Waals surface area contributed by atoms with Gasteiger partial charge in [-0.15, -0.1) is 0 Å². The lowest BCUT2D eigenvalue weighted by Gasteiger charge is -2.29.